The Morgan fingerprint density at radius 3 is 1.87 bits per heavy atom. The Kier molecular flexibility index (Phi) is 27.7. The van der Waals surface area contributed by atoms with Gasteiger partial charge in [-0.25, -0.2) is 9.59 Å². The second-order valence-electron chi connectivity index (χ2n) is 10.0. The van der Waals surface area contributed by atoms with Gasteiger partial charge in [0.05, 0.1) is 19.8 Å². The average molecular weight is 631 g/mol. The molecule has 0 aliphatic carbocycles. The van der Waals surface area contributed by atoms with E-state index >= 15 is 0 Å². The summed E-state index contributed by atoms with van der Waals surface area (Å²) in [5.41, 5.74) is 0. The third kappa shape index (κ3) is 26.4. The van der Waals surface area contributed by atoms with Gasteiger partial charge in [-0.15, -0.1) is 0 Å². The van der Waals surface area contributed by atoms with Crippen molar-refractivity contribution in [3.8, 4) is 0 Å². The van der Waals surface area contributed by atoms with Crippen molar-refractivity contribution in [1.29, 1.82) is 0 Å². The van der Waals surface area contributed by atoms with Gasteiger partial charge in [0.2, 0.25) is 11.8 Å². The molecule has 0 aromatic carbocycles. The van der Waals surface area contributed by atoms with Gasteiger partial charge in [0.25, 0.3) is 0 Å². The number of unbranched alkanes of at least 4 members (excludes halogenated alkanes) is 2. The molecule has 0 radical (unpaired) electrons. The van der Waals surface area contributed by atoms with Crippen molar-refractivity contribution in [2.45, 2.75) is 96.6 Å². The van der Waals surface area contributed by atoms with Crippen molar-refractivity contribution in [2.24, 2.45) is 0 Å². The van der Waals surface area contributed by atoms with E-state index < -0.39 is 43.2 Å². The van der Waals surface area contributed by atoms with Crippen LogP contribution in [0.5, 0.6) is 0 Å². The molecule has 0 aliphatic rings. The number of hydrogen-bond donors (Lipinski definition) is 4. The smallest absolute Gasteiger partial charge is 0.330 e. The number of carbonyl (C=O) groups is 4. The van der Waals surface area contributed by atoms with Gasteiger partial charge in [-0.2, -0.15) is 0 Å². The maximum atomic E-state index is 12.6. The summed E-state index contributed by atoms with van der Waals surface area (Å²) < 4.78 is 9.83. The number of rotatable bonds is 26. The minimum absolute atomic E-state index is 0.215. The van der Waals surface area contributed by atoms with Gasteiger partial charge in [0, 0.05) is 25.1 Å². The largest absolute Gasteiger partial charge is 0.463 e. The fourth-order valence-corrected chi connectivity index (χ4v) is 3.72. The van der Waals surface area contributed by atoms with E-state index in [0.29, 0.717) is 25.8 Å². The molecule has 0 saturated heterocycles. The summed E-state index contributed by atoms with van der Waals surface area (Å²) >= 11 is 0. The molecule has 0 aromatic heterocycles. The summed E-state index contributed by atoms with van der Waals surface area (Å²) in [6.45, 7) is 3.22. The first kappa shape index (κ1) is 41.2. The number of nitrogens with one attached hydrogen (secondary N) is 2. The number of amides is 2. The van der Waals surface area contributed by atoms with Crippen molar-refractivity contribution < 1.29 is 38.9 Å². The maximum Gasteiger partial charge on any atom is 0.330 e. The Bertz CT molecular complexity index is 994. The summed E-state index contributed by atoms with van der Waals surface area (Å²) in [5, 5.41) is 23.8. The zero-order chi connectivity index (χ0) is 33.4. The summed E-state index contributed by atoms with van der Waals surface area (Å²) in [7, 11) is 0. The molecular weight excluding hydrogens is 576 g/mol. The third-order valence-electron chi connectivity index (χ3n) is 6.12. The van der Waals surface area contributed by atoms with Crippen LogP contribution < -0.4 is 10.6 Å². The molecule has 10 heteroatoms. The van der Waals surface area contributed by atoms with Crippen LogP contribution in [0.1, 0.15) is 84.5 Å². The van der Waals surface area contributed by atoms with Crippen molar-refractivity contribution in [3.05, 3.63) is 72.9 Å². The normalized spacial score (nSPS) is 12.8. The summed E-state index contributed by atoms with van der Waals surface area (Å²) in [4.78, 5) is 48.2. The lowest BCUT2D eigenvalue weighted by molar-refractivity contribution is -0.157. The summed E-state index contributed by atoms with van der Waals surface area (Å²) in [6, 6.07) is -0.953. The monoisotopic (exact) mass is 630 g/mol. The van der Waals surface area contributed by atoms with E-state index in [9.17, 15) is 29.4 Å². The van der Waals surface area contributed by atoms with Gasteiger partial charge in [-0.1, -0.05) is 67.7 Å². The summed E-state index contributed by atoms with van der Waals surface area (Å²) in [6.07, 6.45) is 29.8. The van der Waals surface area contributed by atoms with Crippen molar-refractivity contribution in [2.75, 3.05) is 26.4 Å². The molecule has 10 nitrogen and oxygen atoms in total. The van der Waals surface area contributed by atoms with Gasteiger partial charge in [0.1, 0.15) is 12.1 Å². The van der Waals surface area contributed by atoms with Crippen LogP contribution in [0.25, 0.3) is 0 Å². The van der Waals surface area contributed by atoms with Crippen LogP contribution in [0.2, 0.25) is 0 Å². The van der Waals surface area contributed by atoms with Crippen molar-refractivity contribution in [3.63, 3.8) is 0 Å². The van der Waals surface area contributed by atoms with E-state index in [1.165, 1.54) is 0 Å². The molecule has 0 saturated carbocycles. The number of esters is 2. The summed E-state index contributed by atoms with van der Waals surface area (Å²) in [5.74, 6) is -2.10. The maximum absolute atomic E-state index is 12.6. The fourth-order valence-electron chi connectivity index (χ4n) is 3.72. The van der Waals surface area contributed by atoms with Gasteiger partial charge in [-0.3, -0.25) is 9.59 Å². The number of allylic oxidation sites excluding steroid dienone is 10. The molecule has 0 fully saturated rings. The fraction of sp³-hybridized carbons (Fsp3) is 0.543. The Hall–Kier alpha value is -3.76. The molecule has 0 aliphatic heterocycles. The van der Waals surface area contributed by atoms with E-state index in [0.717, 1.165) is 50.7 Å². The lowest BCUT2D eigenvalue weighted by Gasteiger charge is -2.20. The molecule has 0 rings (SSSR count). The molecule has 0 aromatic rings. The molecular formula is C35H54N2O8. The SMILES string of the molecule is CC/C=C\C/C=C\C/C=C\C/C=C\C/C=C\CCCC(=O)NC(CCCCNC(=O)/C=C/C(=O)OCC)C(=O)OC(CO)CO. The second kappa shape index (κ2) is 30.3. The number of ether oxygens (including phenoxy) is 2. The molecule has 45 heavy (non-hydrogen) atoms. The Morgan fingerprint density at radius 1 is 0.733 bits per heavy atom. The first-order valence-electron chi connectivity index (χ1n) is 16.0. The molecule has 0 bridgehead atoms. The highest BCUT2D eigenvalue weighted by atomic mass is 16.6. The van der Waals surface area contributed by atoms with E-state index in [2.05, 4.69) is 72.2 Å². The van der Waals surface area contributed by atoms with Crippen molar-refractivity contribution in [1.82, 2.24) is 10.6 Å². The zero-order valence-corrected chi connectivity index (χ0v) is 27.0. The van der Waals surface area contributed by atoms with Crippen LogP contribution >= 0.6 is 0 Å². The van der Waals surface area contributed by atoms with E-state index in [1.54, 1.807) is 6.92 Å². The van der Waals surface area contributed by atoms with Gasteiger partial charge in [-0.05, 0) is 71.1 Å². The van der Waals surface area contributed by atoms with Crippen LogP contribution in [-0.4, -0.2) is 72.5 Å². The topological polar surface area (TPSA) is 151 Å². The average Bonchev–Trinajstić information content (AvgIpc) is 3.03. The third-order valence-corrected chi connectivity index (χ3v) is 6.12. The first-order chi connectivity index (χ1) is 21.9. The highest BCUT2D eigenvalue weighted by Crippen LogP contribution is 2.07. The molecule has 1 unspecified atom stereocenters. The van der Waals surface area contributed by atoms with Crippen LogP contribution in [0.15, 0.2) is 72.9 Å². The van der Waals surface area contributed by atoms with Gasteiger partial charge < -0.3 is 30.3 Å². The first-order valence-corrected chi connectivity index (χ1v) is 16.0. The van der Waals surface area contributed by atoms with E-state index in [1.807, 2.05) is 6.08 Å². The Balaban J connectivity index is 4.42. The molecule has 0 heterocycles. The number of carbonyl (C=O) groups excluding carboxylic acids is 4. The predicted octanol–water partition coefficient (Wildman–Crippen LogP) is 4.70. The Labute approximate surface area is 269 Å². The Morgan fingerprint density at radius 2 is 1.31 bits per heavy atom. The zero-order valence-electron chi connectivity index (χ0n) is 27.0. The van der Waals surface area contributed by atoms with Gasteiger partial charge >= 0.3 is 11.9 Å². The highest BCUT2D eigenvalue weighted by molar-refractivity contribution is 5.94. The van der Waals surface area contributed by atoms with E-state index in [-0.39, 0.29) is 25.4 Å². The molecule has 0 spiro atoms. The minimum Gasteiger partial charge on any atom is -0.463 e. The predicted molar refractivity (Wildman–Crippen MR) is 177 cm³/mol. The van der Waals surface area contributed by atoms with Gasteiger partial charge in [0.15, 0.2) is 0 Å². The molecule has 4 N–H and O–H groups in total. The quantitative estimate of drug-likeness (QED) is 0.0465. The van der Waals surface area contributed by atoms with Crippen molar-refractivity contribution >= 4 is 23.8 Å². The highest BCUT2D eigenvalue weighted by Gasteiger charge is 2.24. The lowest BCUT2D eigenvalue weighted by atomic mass is 10.1. The molecule has 1 atom stereocenters. The second-order valence-corrected chi connectivity index (χ2v) is 10.0. The van der Waals surface area contributed by atoms with Crippen LogP contribution in [-0.2, 0) is 28.7 Å². The lowest BCUT2D eigenvalue weighted by Crippen LogP contribution is -2.44. The number of hydrogen-bond acceptors (Lipinski definition) is 8. The molecule has 2 amide bonds. The molecule has 252 valence electrons. The number of aliphatic hydroxyl groups is 2. The number of aliphatic hydroxyl groups excluding tert-OH is 2. The minimum atomic E-state index is -1.07. The van der Waals surface area contributed by atoms with Crippen LogP contribution in [0.3, 0.4) is 0 Å². The van der Waals surface area contributed by atoms with E-state index in [4.69, 9.17) is 9.47 Å². The standard InChI is InChI=1S/C35H54N2O8/c1-3-5-6-7-8-9-10-11-12-13-14-15-16-17-18-19-20-24-33(41)37-31(35(43)45-30(28-38)29-39)23-21-22-27-36-32(40)25-26-34(42)44-4-2/h5-6,8-9,11-12,14-15,17-18,25-26,30-31,38-39H,3-4,7,10,13,16,19-24,27-29H2,1-2H3,(H,36,40)(H,37,41)/b6-5-,9-8-,12-11-,15-14-,18-17-,26-25+. The van der Waals surface area contributed by atoms with Crippen LogP contribution in [0, 0.1) is 0 Å². The van der Waals surface area contributed by atoms with Crippen LogP contribution in [0.4, 0.5) is 0 Å².